The molecule has 0 saturated heterocycles. The van der Waals surface area contributed by atoms with Crippen LogP contribution < -0.4 is 4.74 Å². The van der Waals surface area contributed by atoms with Crippen molar-refractivity contribution in [2.45, 2.75) is 19.4 Å². The average Bonchev–Trinajstić information content (AvgIpc) is 2.39. The first kappa shape index (κ1) is 11.4. The normalized spacial score (nSPS) is 18.1. The second kappa shape index (κ2) is 4.54. The molecule has 90 valence electrons. The van der Waals surface area contributed by atoms with Gasteiger partial charge in [-0.2, -0.15) is 0 Å². The molecule has 1 atom stereocenters. The molecule has 0 bridgehead atoms. The van der Waals surface area contributed by atoms with Crippen molar-refractivity contribution in [3.05, 3.63) is 65.2 Å². The van der Waals surface area contributed by atoms with Crippen LogP contribution in [0, 0.1) is 6.92 Å². The maximum absolute atomic E-state index is 6.04. The monoisotopic (exact) mass is 254 g/mol. The third-order valence-electron chi connectivity index (χ3n) is 3.28. The molecule has 0 fully saturated rings. The molecule has 1 aliphatic rings. The van der Waals surface area contributed by atoms with Crippen LogP contribution in [0.2, 0.25) is 0 Å². The maximum atomic E-state index is 6.04. The lowest BCUT2D eigenvalue weighted by Crippen LogP contribution is -2.19. The van der Waals surface area contributed by atoms with Crippen LogP contribution in [-0.2, 0) is 0 Å². The SMILES string of the molecule is Cc1ccc(C2CC(=S)c3ccccc3O2)cc1. The van der Waals surface area contributed by atoms with Gasteiger partial charge in [-0.25, -0.2) is 0 Å². The van der Waals surface area contributed by atoms with Gasteiger partial charge in [0.1, 0.15) is 11.9 Å². The summed E-state index contributed by atoms with van der Waals surface area (Å²) in [6, 6.07) is 16.5. The van der Waals surface area contributed by atoms with Gasteiger partial charge in [0.2, 0.25) is 0 Å². The minimum atomic E-state index is 0.0491. The largest absolute Gasteiger partial charge is 0.485 e. The topological polar surface area (TPSA) is 9.23 Å². The van der Waals surface area contributed by atoms with Gasteiger partial charge in [0.25, 0.3) is 0 Å². The number of rotatable bonds is 1. The molecule has 2 heteroatoms. The van der Waals surface area contributed by atoms with E-state index in [1.54, 1.807) is 0 Å². The Balaban J connectivity index is 1.94. The van der Waals surface area contributed by atoms with E-state index in [1.165, 1.54) is 11.1 Å². The molecule has 0 saturated carbocycles. The van der Waals surface area contributed by atoms with Crippen LogP contribution >= 0.6 is 12.2 Å². The summed E-state index contributed by atoms with van der Waals surface area (Å²) in [5.41, 5.74) is 3.52. The highest BCUT2D eigenvalue weighted by Gasteiger charge is 2.24. The average molecular weight is 254 g/mol. The quantitative estimate of drug-likeness (QED) is 0.704. The summed E-state index contributed by atoms with van der Waals surface area (Å²) in [7, 11) is 0. The molecule has 0 spiro atoms. The Labute approximate surface area is 112 Å². The Morgan fingerprint density at radius 2 is 1.78 bits per heavy atom. The first-order chi connectivity index (χ1) is 8.74. The second-order valence-corrected chi connectivity index (χ2v) is 5.13. The molecule has 1 aliphatic heterocycles. The molecule has 2 aromatic carbocycles. The van der Waals surface area contributed by atoms with Crippen molar-refractivity contribution in [3.8, 4) is 5.75 Å². The van der Waals surface area contributed by atoms with Gasteiger partial charge in [0.05, 0.1) is 0 Å². The van der Waals surface area contributed by atoms with E-state index in [9.17, 15) is 0 Å². The molecule has 0 aliphatic carbocycles. The van der Waals surface area contributed by atoms with Gasteiger partial charge in [0, 0.05) is 16.8 Å². The number of benzene rings is 2. The zero-order chi connectivity index (χ0) is 12.5. The smallest absolute Gasteiger partial charge is 0.129 e. The molecule has 1 heterocycles. The van der Waals surface area contributed by atoms with E-state index in [0.29, 0.717) is 0 Å². The summed E-state index contributed by atoms with van der Waals surface area (Å²) in [5, 5.41) is 0. The second-order valence-electron chi connectivity index (χ2n) is 4.64. The van der Waals surface area contributed by atoms with Crippen LogP contribution in [0.5, 0.6) is 5.75 Å². The summed E-state index contributed by atoms with van der Waals surface area (Å²) in [6.45, 7) is 2.09. The lowest BCUT2D eigenvalue weighted by atomic mass is 9.97. The maximum Gasteiger partial charge on any atom is 0.129 e. The molecule has 0 radical (unpaired) electrons. The lowest BCUT2D eigenvalue weighted by Gasteiger charge is -2.27. The van der Waals surface area contributed by atoms with Crippen molar-refractivity contribution in [2.75, 3.05) is 0 Å². The standard InChI is InChI=1S/C16H14OS/c1-11-6-8-12(9-7-11)15-10-16(18)13-4-2-3-5-14(13)17-15/h2-9,15H,10H2,1H3. The van der Waals surface area contributed by atoms with Gasteiger partial charge >= 0.3 is 0 Å². The summed E-state index contributed by atoms with van der Waals surface area (Å²) in [5.74, 6) is 0.902. The molecular formula is C16H14OS. The predicted molar refractivity (Wildman–Crippen MR) is 77.3 cm³/mol. The van der Waals surface area contributed by atoms with E-state index in [1.807, 2.05) is 24.3 Å². The molecule has 3 rings (SSSR count). The fourth-order valence-electron chi connectivity index (χ4n) is 2.24. The number of aryl methyl sites for hydroxylation is 1. The zero-order valence-electron chi connectivity index (χ0n) is 10.2. The van der Waals surface area contributed by atoms with Crippen LogP contribution in [0.15, 0.2) is 48.5 Å². The molecule has 0 N–H and O–H groups in total. The lowest BCUT2D eigenvalue weighted by molar-refractivity contribution is 0.207. The zero-order valence-corrected chi connectivity index (χ0v) is 11.0. The number of thiocarbonyl (C=S) groups is 1. The van der Waals surface area contributed by atoms with E-state index < -0.39 is 0 Å². The van der Waals surface area contributed by atoms with Crippen molar-refractivity contribution in [2.24, 2.45) is 0 Å². The molecule has 1 nitrogen and oxygen atoms in total. The summed E-state index contributed by atoms with van der Waals surface area (Å²) in [6.07, 6.45) is 0.836. The highest BCUT2D eigenvalue weighted by Crippen LogP contribution is 2.35. The molecule has 0 amide bonds. The van der Waals surface area contributed by atoms with Gasteiger partial charge in [-0.05, 0) is 18.6 Å². The highest BCUT2D eigenvalue weighted by molar-refractivity contribution is 7.80. The fraction of sp³-hybridized carbons (Fsp3) is 0.188. The van der Waals surface area contributed by atoms with E-state index in [0.717, 1.165) is 22.6 Å². The van der Waals surface area contributed by atoms with Crippen molar-refractivity contribution in [3.63, 3.8) is 0 Å². The Kier molecular flexibility index (Phi) is 2.88. The molecule has 2 aromatic rings. The Morgan fingerprint density at radius 1 is 1.06 bits per heavy atom. The van der Waals surface area contributed by atoms with Crippen molar-refractivity contribution < 1.29 is 4.74 Å². The predicted octanol–water partition coefficient (Wildman–Crippen LogP) is 4.24. The van der Waals surface area contributed by atoms with Crippen LogP contribution in [0.3, 0.4) is 0 Å². The van der Waals surface area contributed by atoms with Crippen LogP contribution in [0.25, 0.3) is 0 Å². The number of fused-ring (bicyclic) bond motifs is 1. The molecular weight excluding hydrogens is 240 g/mol. The number of hydrogen-bond donors (Lipinski definition) is 0. The Morgan fingerprint density at radius 3 is 2.56 bits per heavy atom. The molecule has 0 aromatic heterocycles. The number of para-hydroxylation sites is 1. The minimum Gasteiger partial charge on any atom is -0.485 e. The van der Waals surface area contributed by atoms with Gasteiger partial charge in [-0.15, -0.1) is 0 Å². The first-order valence-electron chi connectivity index (χ1n) is 6.09. The van der Waals surface area contributed by atoms with Gasteiger partial charge < -0.3 is 4.74 Å². The Hall–Kier alpha value is -1.67. The highest BCUT2D eigenvalue weighted by atomic mass is 32.1. The van der Waals surface area contributed by atoms with Crippen LogP contribution in [-0.4, -0.2) is 4.86 Å². The van der Waals surface area contributed by atoms with Gasteiger partial charge in [-0.3, -0.25) is 0 Å². The van der Waals surface area contributed by atoms with E-state index in [4.69, 9.17) is 17.0 Å². The first-order valence-corrected chi connectivity index (χ1v) is 6.50. The summed E-state index contributed by atoms with van der Waals surface area (Å²) < 4.78 is 6.04. The van der Waals surface area contributed by atoms with Crippen molar-refractivity contribution in [1.82, 2.24) is 0 Å². The fourth-order valence-corrected chi connectivity index (χ4v) is 2.56. The molecule has 18 heavy (non-hydrogen) atoms. The van der Waals surface area contributed by atoms with Crippen LogP contribution in [0.1, 0.15) is 29.2 Å². The minimum absolute atomic E-state index is 0.0491. The van der Waals surface area contributed by atoms with Gasteiger partial charge in [-0.1, -0.05) is 60.2 Å². The van der Waals surface area contributed by atoms with E-state index in [-0.39, 0.29) is 6.10 Å². The van der Waals surface area contributed by atoms with Crippen LogP contribution in [0.4, 0.5) is 0 Å². The number of ether oxygens (including phenoxy) is 1. The third kappa shape index (κ3) is 2.04. The summed E-state index contributed by atoms with van der Waals surface area (Å²) in [4.78, 5) is 0.988. The third-order valence-corrected chi connectivity index (χ3v) is 3.66. The molecule has 1 unspecified atom stereocenters. The van der Waals surface area contributed by atoms with E-state index >= 15 is 0 Å². The summed E-state index contributed by atoms with van der Waals surface area (Å²) >= 11 is 5.48. The number of hydrogen-bond acceptors (Lipinski definition) is 2. The van der Waals surface area contributed by atoms with E-state index in [2.05, 4.69) is 31.2 Å². The Bertz CT molecular complexity index is 586. The van der Waals surface area contributed by atoms with Crippen molar-refractivity contribution >= 4 is 17.1 Å². The van der Waals surface area contributed by atoms with Gasteiger partial charge in [0.15, 0.2) is 0 Å². The van der Waals surface area contributed by atoms with Crippen molar-refractivity contribution in [1.29, 1.82) is 0 Å².